The molecule has 8 nitrogen and oxygen atoms in total. The minimum absolute atomic E-state index is 0.0485. The van der Waals surface area contributed by atoms with Crippen molar-refractivity contribution in [3.05, 3.63) is 66.2 Å². The van der Waals surface area contributed by atoms with Crippen LogP contribution in [0.15, 0.2) is 55.0 Å². The summed E-state index contributed by atoms with van der Waals surface area (Å²) in [6.45, 7) is 2.12. The molecule has 0 radical (unpaired) electrons. The number of anilines is 2. The number of benzene rings is 1. The van der Waals surface area contributed by atoms with Gasteiger partial charge >= 0.3 is 0 Å². The van der Waals surface area contributed by atoms with Crippen LogP contribution in [0.2, 0.25) is 0 Å². The summed E-state index contributed by atoms with van der Waals surface area (Å²) in [6.07, 6.45) is 7.05. The summed E-state index contributed by atoms with van der Waals surface area (Å²) in [5, 5.41) is 2.73. The van der Waals surface area contributed by atoms with E-state index >= 15 is 0 Å². The largest absolute Gasteiger partial charge is 0.347 e. The van der Waals surface area contributed by atoms with Gasteiger partial charge in [0.1, 0.15) is 0 Å². The molecule has 2 amide bonds. The molecule has 0 unspecified atom stereocenters. The van der Waals surface area contributed by atoms with Gasteiger partial charge in [-0.1, -0.05) is 0 Å². The SMILES string of the molecule is CC(=O)Nc1ccc(C(=O)N2CCC[C@@H]2c2nc(N(C)C)ncc2-c2ccncc2)cc1. The Balaban J connectivity index is 1.69. The van der Waals surface area contributed by atoms with Gasteiger partial charge in [-0.3, -0.25) is 14.6 Å². The van der Waals surface area contributed by atoms with E-state index in [2.05, 4.69) is 15.3 Å². The van der Waals surface area contributed by atoms with Gasteiger partial charge in [0, 0.05) is 63.0 Å². The number of rotatable bonds is 5. The maximum absolute atomic E-state index is 13.4. The Morgan fingerprint density at radius 1 is 1.09 bits per heavy atom. The first-order valence-electron chi connectivity index (χ1n) is 10.6. The highest BCUT2D eigenvalue weighted by molar-refractivity contribution is 5.96. The Kier molecular flexibility index (Phi) is 6.11. The number of hydrogen-bond donors (Lipinski definition) is 1. The van der Waals surface area contributed by atoms with Crippen LogP contribution in [0.3, 0.4) is 0 Å². The van der Waals surface area contributed by atoms with E-state index in [1.54, 1.807) is 36.7 Å². The number of carbonyl (C=O) groups excluding carboxylic acids is 2. The lowest BCUT2D eigenvalue weighted by Gasteiger charge is -2.27. The van der Waals surface area contributed by atoms with Gasteiger partial charge in [0.05, 0.1) is 11.7 Å². The number of nitrogens with one attached hydrogen (secondary N) is 1. The molecule has 1 aromatic carbocycles. The highest BCUT2D eigenvalue weighted by atomic mass is 16.2. The number of likely N-dealkylation sites (tertiary alicyclic amines) is 1. The zero-order valence-electron chi connectivity index (χ0n) is 18.4. The molecule has 32 heavy (non-hydrogen) atoms. The van der Waals surface area contributed by atoms with Crippen molar-refractivity contribution in [3.63, 3.8) is 0 Å². The molecule has 0 aliphatic carbocycles. The normalized spacial score (nSPS) is 15.5. The van der Waals surface area contributed by atoms with Crippen molar-refractivity contribution in [2.75, 3.05) is 30.9 Å². The number of pyridine rings is 1. The van der Waals surface area contributed by atoms with Gasteiger partial charge in [0.2, 0.25) is 11.9 Å². The summed E-state index contributed by atoms with van der Waals surface area (Å²) >= 11 is 0. The van der Waals surface area contributed by atoms with Crippen molar-refractivity contribution in [3.8, 4) is 11.1 Å². The molecular weight excluding hydrogens is 404 g/mol. The summed E-state index contributed by atoms with van der Waals surface area (Å²) in [5.74, 6) is 0.414. The molecule has 0 saturated carbocycles. The van der Waals surface area contributed by atoms with Crippen LogP contribution < -0.4 is 10.2 Å². The Labute approximate surface area is 187 Å². The van der Waals surface area contributed by atoms with Gasteiger partial charge < -0.3 is 15.1 Å². The molecule has 2 aromatic heterocycles. The lowest BCUT2D eigenvalue weighted by atomic mass is 10.00. The van der Waals surface area contributed by atoms with Crippen molar-refractivity contribution >= 4 is 23.5 Å². The Morgan fingerprint density at radius 2 is 1.81 bits per heavy atom. The minimum atomic E-state index is -0.151. The monoisotopic (exact) mass is 430 g/mol. The van der Waals surface area contributed by atoms with E-state index in [9.17, 15) is 9.59 Å². The van der Waals surface area contributed by atoms with E-state index in [0.29, 0.717) is 23.7 Å². The lowest BCUT2D eigenvalue weighted by molar-refractivity contribution is -0.114. The fraction of sp³-hybridized carbons (Fsp3) is 0.292. The summed E-state index contributed by atoms with van der Waals surface area (Å²) < 4.78 is 0. The van der Waals surface area contributed by atoms with E-state index in [4.69, 9.17) is 4.98 Å². The first kappa shape index (κ1) is 21.4. The van der Waals surface area contributed by atoms with E-state index < -0.39 is 0 Å². The second-order valence-electron chi connectivity index (χ2n) is 8.01. The quantitative estimate of drug-likeness (QED) is 0.666. The first-order valence-corrected chi connectivity index (χ1v) is 10.6. The fourth-order valence-electron chi connectivity index (χ4n) is 3.97. The van der Waals surface area contributed by atoms with Gasteiger partial charge in [-0.25, -0.2) is 9.97 Å². The van der Waals surface area contributed by atoms with Crippen LogP contribution in [0.5, 0.6) is 0 Å². The molecule has 1 atom stereocenters. The maximum Gasteiger partial charge on any atom is 0.254 e. The van der Waals surface area contributed by atoms with E-state index in [-0.39, 0.29) is 17.9 Å². The van der Waals surface area contributed by atoms with Gasteiger partial charge in [0.15, 0.2) is 0 Å². The van der Waals surface area contributed by atoms with Crippen molar-refractivity contribution in [2.45, 2.75) is 25.8 Å². The highest BCUT2D eigenvalue weighted by Crippen LogP contribution is 2.37. The van der Waals surface area contributed by atoms with Crippen LogP contribution in [0.4, 0.5) is 11.6 Å². The van der Waals surface area contributed by atoms with E-state index in [0.717, 1.165) is 29.7 Å². The van der Waals surface area contributed by atoms with E-state index in [1.807, 2.05) is 42.2 Å². The second kappa shape index (κ2) is 9.13. The highest BCUT2D eigenvalue weighted by Gasteiger charge is 2.34. The van der Waals surface area contributed by atoms with Crippen LogP contribution in [-0.4, -0.2) is 52.3 Å². The fourth-order valence-corrected chi connectivity index (χ4v) is 3.97. The molecule has 3 heterocycles. The number of carbonyl (C=O) groups is 2. The zero-order chi connectivity index (χ0) is 22.7. The minimum Gasteiger partial charge on any atom is -0.347 e. The summed E-state index contributed by atoms with van der Waals surface area (Å²) in [5.41, 5.74) is 3.97. The lowest BCUT2D eigenvalue weighted by Crippen LogP contribution is -2.31. The molecular formula is C24H26N6O2. The maximum atomic E-state index is 13.4. The zero-order valence-corrected chi connectivity index (χ0v) is 18.4. The third-order valence-electron chi connectivity index (χ3n) is 5.48. The predicted octanol–water partition coefficient (Wildman–Crippen LogP) is 3.54. The topological polar surface area (TPSA) is 91.3 Å². The number of aromatic nitrogens is 3. The molecule has 164 valence electrons. The van der Waals surface area contributed by atoms with Crippen LogP contribution in [-0.2, 0) is 4.79 Å². The third-order valence-corrected chi connectivity index (χ3v) is 5.48. The van der Waals surface area contributed by atoms with Gasteiger partial charge in [0.25, 0.3) is 5.91 Å². The van der Waals surface area contributed by atoms with Gasteiger partial charge in [-0.15, -0.1) is 0 Å². The first-order chi connectivity index (χ1) is 15.4. The average molecular weight is 431 g/mol. The molecule has 1 aliphatic heterocycles. The Bertz CT molecular complexity index is 1120. The number of hydrogen-bond acceptors (Lipinski definition) is 6. The van der Waals surface area contributed by atoms with Crippen LogP contribution >= 0.6 is 0 Å². The van der Waals surface area contributed by atoms with Crippen molar-refractivity contribution in [1.29, 1.82) is 0 Å². The van der Waals surface area contributed by atoms with Crippen LogP contribution in [0, 0.1) is 0 Å². The predicted molar refractivity (Wildman–Crippen MR) is 123 cm³/mol. The summed E-state index contributed by atoms with van der Waals surface area (Å²) in [4.78, 5) is 41.9. The van der Waals surface area contributed by atoms with Crippen molar-refractivity contribution in [1.82, 2.24) is 19.9 Å². The van der Waals surface area contributed by atoms with Crippen LogP contribution in [0.1, 0.15) is 41.9 Å². The number of amides is 2. The van der Waals surface area contributed by atoms with Crippen molar-refractivity contribution < 1.29 is 9.59 Å². The molecule has 1 aliphatic rings. The van der Waals surface area contributed by atoms with Crippen LogP contribution in [0.25, 0.3) is 11.1 Å². The molecule has 0 spiro atoms. The third kappa shape index (κ3) is 4.44. The van der Waals surface area contributed by atoms with E-state index in [1.165, 1.54) is 6.92 Å². The molecule has 4 rings (SSSR count). The number of nitrogens with zero attached hydrogens (tertiary/aromatic N) is 5. The average Bonchev–Trinajstić information content (AvgIpc) is 3.28. The Morgan fingerprint density at radius 3 is 2.47 bits per heavy atom. The second-order valence-corrected chi connectivity index (χ2v) is 8.01. The summed E-state index contributed by atoms with van der Waals surface area (Å²) in [7, 11) is 3.80. The molecule has 3 aromatic rings. The molecule has 0 bridgehead atoms. The van der Waals surface area contributed by atoms with Crippen molar-refractivity contribution in [2.24, 2.45) is 0 Å². The molecule has 1 N–H and O–H groups in total. The Hall–Kier alpha value is -3.81. The molecule has 8 heteroatoms. The molecule has 1 saturated heterocycles. The van der Waals surface area contributed by atoms with Gasteiger partial charge in [-0.2, -0.15) is 0 Å². The molecule has 1 fully saturated rings. The smallest absolute Gasteiger partial charge is 0.254 e. The van der Waals surface area contributed by atoms with Gasteiger partial charge in [-0.05, 0) is 54.8 Å². The standard InChI is InChI=1S/C24H26N6O2/c1-16(31)27-19-8-6-18(7-9-19)23(32)30-14-4-5-21(30)22-20(17-10-12-25-13-11-17)15-26-24(28-22)29(2)3/h6-13,15,21H,4-5,14H2,1-3H3,(H,27,31)/t21-/m1/s1. The summed E-state index contributed by atoms with van der Waals surface area (Å²) in [6, 6.07) is 10.7.